The summed E-state index contributed by atoms with van der Waals surface area (Å²) in [4.78, 5) is 0. The molecule has 2 heterocycles. The average molecular weight is 418 g/mol. The normalized spacial score (nSPS) is 11.9. The number of nitrogens with zero attached hydrogens (tertiary/aromatic N) is 4. The van der Waals surface area contributed by atoms with Crippen molar-refractivity contribution in [3.05, 3.63) is 52.0 Å². The zero-order valence-electron chi connectivity index (χ0n) is 11.3. The van der Waals surface area contributed by atoms with Crippen molar-refractivity contribution in [3.8, 4) is 16.9 Å². The van der Waals surface area contributed by atoms with E-state index in [0.29, 0.717) is 5.69 Å². The molecule has 4 nitrogen and oxygen atoms in total. The Morgan fingerprint density at radius 1 is 1.05 bits per heavy atom. The molecule has 0 saturated carbocycles. The van der Waals surface area contributed by atoms with E-state index in [0.717, 1.165) is 27.0 Å². The molecule has 0 radical (unpaired) electrons. The highest BCUT2D eigenvalue weighted by molar-refractivity contribution is 14.1. The topological polar surface area (TPSA) is 35.6 Å². The number of halogens is 4. The second-order valence-corrected chi connectivity index (χ2v) is 5.85. The van der Waals surface area contributed by atoms with Crippen LogP contribution in [-0.4, -0.2) is 19.6 Å². The van der Waals surface area contributed by atoms with Crippen LogP contribution in [0, 0.1) is 3.57 Å². The zero-order valence-corrected chi connectivity index (χ0v) is 13.5. The van der Waals surface area contributed by atoms with Gasteiger partial charge in [-0.15, -0.1) is 0 Å². The number of alkyl halides is 3. The van der Waals surface area contributed by atoms with Crippen LogP contribution in [0.3, 0.4) is 0 Å². The Morgan fingerprint density at radius 3 is 2.27 bits per heavy atom. The minimum atomic E-state index is -4.33. The molecular weight excluding hydrogens is 408 g/mol. The standard InChI is InChI=1S/C14H10F3IN4/c1-21-13(12(18)7-19-21)9-6-20-22(8-9)11-4-2-10(3-5-11)14(15,16)17/h2-8H,1H3. The summed E-state index contributed by atoms with van der Waals surface area (Å²) in [5.41, 5.74) is 1.66. The third-order valence-corrected chi connectivity index (χ3v) is 4.00. The van der Waals surface area contributed by atoms with Gasteiger partial charge in [0, 0.05) is 18.8 Å². The fraction of sp³-hybridized carbons (Fsp3) is 0.143. The predicted molar refractivity (Wildman–Crippen MR) is 83.5 cm³/mol. The number of aromatic nitrogens is 4. The molecule has 0 bridgehead atoms. The maximum absolute atomic E-state index is 12.6. The lowest BCUT2D eigenvalue weighted by molar-refractivity contribution is -0.137. The maximum Gasteiger partial charge on any atom is 0.416 e. The van der Waals surface area contributed by atoms with Crippen molar-refractivity contribution >= 4 is 22.6 Å². The van der Waals surface area contributed by atoms with Crippen LogP contribution in [0.2, 0.25) is 0 Å². The molecule has 22 heavy (non-hydrogen) atoms. The van der Waals surface area contributed by atoms with Gasteiger partial charge in [-0.05, 0) is 46.9 Å². The first-order valence-corrected chi connectivity index (χ1v) is 7.34. The predicted octanol–water partition coefficient (Wildman–Crippen LogP) is 3.90. The van der Waals surface area contributed by atoms with Gasteiger partial charge in [-0.2, -0.15) is 23.4 Å². The van der Waals surface area contributed by atoms with E-state index in [-0.39, 0.29) is 0 Å². The lowest BCUT2D eigenvalue weighted by Gasteiger charge is -2.07. The van der Waals surface area contributed by atoms with E-state index in [1.807, 2.05) is 7.05 Å². The Balaban J connectivity index is 1.94. The number of benzene rings is 1. The number of rotatable bonds is 2. The van der Waals surface area contributed by atoms with Gasteiger partial charge >= 0.3 is 6.18 Å². The van der Waals surface area contributed by atoms with Crippen molar-refractivity contribution in [1.29, 1.82) is 0 Å². The minimum absolute atomic E-state index is 0.566. The van der Waals surface area contributed by atoms with Crippen molar-refractivity contribution in [2.24, 2.45) is 7.05 Å². The third-order valence-electron chi connectivity index (χ3n) is 3.21. The lowest BCUT2D eigenvalue weighted by atomic mass is 10.2. The van der Waals surface area contributed by atoms with Crippen molar-refractivity contribution < 1.29 is 13.2 Å². The van der Waals surface area contributed by atoms with E-state index >= 15 is 0 Å². The highest BCUT2D eigenvalue weighted by Crippen LogP contribution is 2.30. The van der Waals surface area contributed by atoms with Gasteiger partial charge in [0.25, 0.3) is 0 Å². The van der Waals surface area contributed by atoms with Crippen molar-refractivity contribution in [2.45, 2.75) is 6.18 Å². The van der Waals surface area contributed by atoms with Crippen molar-refractivity contribution in [1.82, 2.24) is 19.6 Å². The second kappa shape index (κ2) is 5.41. The van der Waals surface area contributed by atoms with Gasteiger partial charge in [0.15, 0.2) is 0 Å². The van der Waals surface area contributed by atoms with Crippen molar-refractivity contribution in [2.75, 3.05) is 0 Å². The summed E-state index contributed by atoms with van der Waals surface area (Å²) < 4.78 is 42.0. The first-order chi connectivity index (χ1) is 10.4. The Kier molecular flexibility index (Phi) is 3.71. The van der Waals surface area contributed by atoms with E-state index in [4.69, 9.17) is 0 Å². The first kappa shape index (κ1) is 15.1. The monoisotopic (exact) mass is 418 g/mol. The van der Waals surface area contributed by atoms with E-state index in [2.05, 4.69) is 32.8 Å². The Morgan fingerprint density at radius 2 is 1.73 bits per heavy atom. The fourth-order valence-electron chi connectivity index (χ4n) is 2.12. The lowest BCUT2D eigenvalue weighted by Crippen LogP contribution is -2.05. The van der Waals surface area contributed by atoms with Gasteiger partial charge < -0.3 is 0 Å². The van der Waals surface area contributed by atoms with Gasteiger partial charge in [0.2, 0.25) is 0 Å². The second-order valence-electron chi connectivity index (χ2n) is 4.68. The molecule has 3 rings (SSSR count). The Labute approximate surface area is 137 Å². The quantitative estimate of drug-likeness (QED) is 0.592. The molecule has 0 aliphatic rings. The molecule has 0 aliphatic heterocycles. The van der Waals surface area contributed by atoms with E-state index in [9.17, 15) is 13.2 Å². The minimum Gasteiger partial charge on any atom is -0.267 e. The maximum atomic E-state index is 12.6. The average Bonchev–Trinajstić information content (AvgIpc) is 3.05. The summed E-state index contributed by atoms with van der Waals surface area (Å²) in [5, 5.41) is 8.37. The van der Waals surface area contributed by atoms with E-state index in [1.165, 1.54) is 12.1 Å². The molecule has 0 fully saturated rings. The SMILES string of the molecule is Cn1ncc(I)c1-c1cnn(-c2ccc(C(F)(F)F)cc2)c1. The molecule has 0 amide bonds. The summed E-state index contributed by atoms with van der Waals surface area (Å²) in [7, 11) is 1.83. The van der Waals surface area contributed by atoms with Crippen LogP contribution in [0.4, 0.5) is 13.2 Å². The summed E-state index contributed by atoms with van der Waals surface area (Å²) in [6.07, 6.45) is 0.836. The van der Waals surface area contributed by atoms with Gasteiger partial charge in [-0.3, -0.25) is 4.68 Å². The van der Waals surface area contributed by atoms with Gasteiger partial charge in [0.1, 0.15) is 0 Å². The molecule has 0 aliphatic carbocycles. The molecule has 8 heteroatoms. The number of aryl methyl sites for hydroxylation is 1. The van der Waals surface area contributed by atoms with Crippen LogP contribution >= 0.6 is 22.6 Å². The Hall–Kier alpha value is -1.84. The molecule has 2 aromatic heterocycles. The third kappa shape index (κ3) is 2.74. The van der Waals surface area contributed by atoms with Crippen LogP contribution in [0.25, 0.3) is 16.9 Å². The van der Waals surface area contributed by atoms with Gasteiger partial charge in [-0.1, -0.05) is 0 Å². The zero-order chi connectivity index (χ0) is 15.9. The van der Waals surface area contributed by atoms with E-state index in [1.54, 1.807) is 28.0 Å². The molecule has 3 aromatic rings. The fourth-order valence-corrected chi connectivity index (χ4v) is 2.91. The number of hydrogen-bond donors (Lipinski definition) is 0. The highest BCUT2D eigenvalue weighted by Gasteiger charge is 2.30. The summed E-state index contributed by atoms with van der Waals surface area (Å²) in [6, 6.07) is 4.89. The van der Waals surface area contributed by atoms with Crippen molar-refractivity contribution in [3.63, 3.8) is 0 Å². The summed E-state index contributed by atoms with van der Waals surface area (Å²) in [6.45, 7) is 0. The van der Waals surface area contributed by atoms with Gasteiger partial charge in [-0.25, -0.2) is 4.68 Å². The van der Waals surface area contributed by atoms with Gasteiger partial charge in [0.05, 0.1) is 32.9 Å². The summed E-state index contributed by atoms with van der Waals surface area (Å²) in [5.74, 6) is 0. The molecule has 1 aromatic carbocycles. The summed E-state index contributed by atoms with van der Waals surface area (Å²) >= 11 is 2.18. The van der Waals surface area contributed by atoms with Crippen LogP contribution in [0.1, 0.15) is 5.56 Å². The smallest absolute Gasteiger partial charge is 0.267 e. The first-order valence-electron chi connectivity index (χ1n) is 6.26. The molecule has 114 valence electrons. The largest absolute Gasteiger partial charge is 0.416 e. The van der Waals surface area contributed by atoms with Crippen LogP contribution in [0.15, 0.2) is 42.9 Å². The highest BCUT2D eigenvalue weighted by atomic mass is 127. The molecular formula is C14H10F3IN4. The van der Waals surface area contributed by atoms with Crippen LogP contribution < -0.4 is 0 Å². The van der Waals surface area contributed by atoms with E-state index < -0.39 is 11.7 Å². The molecule has 0 unspecified atom stereocenters. The van der Waals surface area contributed by atoms with Crippen LogP contribution in [-0.2, 0) is 13.2 Å². The molecule has 0 N–H and O–H groups in total. The number of hydrogen-bond acceptors (Lipinski definition) is 2. The molecule has 0 spiro atoms. The van der Waals surface area contributed by atoms with Crippen LogP contribution in [0.5, 0.6) is 0 Å². The molecule has 0 atom stereocenters. The Bertz CT molecular complexity index is 783. The molecule has 0 saturated heterocycles.